The highest BCUT2D eigenvalue weighted by atomic mass is 15.2. The van der Waals surface area contributed by atoms with Gasteiger partial charge < -0.3 is 15.5 Å². The molecule has 7 heteroatoms. The van der Waals surface area contributed by atoms with Crippen LogP contribution < -0.4 is 15.5 Å². The maximum Gasteiger partial charge on any atom is 0.166 e. The van der Waals surface area contributed by atoms with Crippen molar-refractivity contribution in [1.29, 1.82) is 0 Å². The number of para-hydroxylation sites is 1. The molecule has 5 rings (SSSR count). The van der Waals surface area contributed by atoms with Gasteiger partial charge >= 0.3 is 0 Å². The summed E-state index contributed by atoms with van der Waals surface area (Å²) >= 11 is 0. The average Bonchev–Trinajstić information content (AvgIpc) is 3.22. The number of aryl methyl sites for hydroxylation is 2. The van der Waals surface area contributed by atoms with Crippen LogP contribution in [0.3, 0.4) is 0 Å². The third kappa shape index (κ3) is 2.84. The van der Waals surface area contributed by atoms with Crippen LogP contribution in [0.1, 0.15) is 11.1 Å². The number of fused-ring (bicyclic) bond motifs is 3. The van der Waals surface area contributed by atoms with Gasteiger partial charge in [0.25, 0.3) is 0 Å². The Morgan fingerprint density at radius 1 is 1.00 bits per heavy atom. The highest BCUT2D eigenvalue weighted by molar-refractivity contribution is 5.85. The van der Waals surface area contributed by atoms with E-state index in [1.54, 1.807) is 0 Å². The van der Waals surface area contributed by atoms with Crippen LogP contribution in [0.5, 0.6) is 0 Å². The normalized spacial score (nSPS) is 14.7. The van der Waals surface area contributed by atoms with Crippen LogP contribution in [0.2, 0.25) is 0 Å². The minimum atomic E-state index is 0.791. The standard InChI is InChI=1S/C21H23N7/c1-14-4-3-5-15(2)19(14)26-20-17-12-23-13-28(17)21-16(24-20)6-7-18(25-21)27-10-8-22-9-11-27/h3-7,12-13,22H,8-11H2,1-2H3,(H,24,26). The predicted octanol–water partition coefficient (Wildman–Crippen LogP) is 3.05. The number of anilines is 3. The molecular weight excluding hydrogens is 350 g/mol. The molecule has 1 aliphatic rings. The van der Waals surface area contributed by atoms with Crippen molar-refractivity contribution in [2.75, 3.05) is 36.4 Å². The highest BCUT2D eigenvalue weighted by Gasteiger charge is 2.16. The lowest BCUT2D eigenvalue weighted by Gasteiger charge is -2.28. The molecule has 7 nitrogen and oxygen atoms in total. The largest absolute Gasteiger partial charge is 0.354 e. The first-order valence-electron chi connectivity index (χ1n) is 9.62. The lowest BCUT2D eigenvalue weighted by atomic mass is 10.1. The monoisotopic (exact) mass is 373 g/mol. The second-order valence-electron chi connectivity index (χ2n) is 7.25. The van der Waals surface area contributed by atoms with E-state index in [9.17, 15) is 0 Å². The first-order valence-corrected chi connectivity index (χ1v) is 9.62. The van der Waals surface area contributed by atoms with Gasteiger partial charge in [-0.3, -0.25) is 4.40 Å². The van der Waals surface area contributed by atoms with Gasteiger partial charge in [0.2, 0.25) is 0 Å². The smallest absolute Gasteiger partial charge is 0.166 e. The van der Waals surface area contributed by atoms with Crippen molar-refractivity contribution in [3.8, 4) is 0 Å². The Morgan fingerprint density at radius 2 is 1.79 bits per heavy atom. The van der Waals surface area contributed by atoms with Crippen molar-refractivity contribution in [2.24, 2.45) is 0 Å². The molecule has 0 unspecified atom stereocenters. The second kappa shape index (κ2) is 6.76. The number of hydrogen-bond acceptors (Lipinski definition) is 6. The molecule has 1 aliphatic heterocycles. The maximum atomic E-state index is 4.91. The van der Waals surface area contributed by atoms with Gasteiger partial charge in [-0.1, -0.05) is 18.2 Å². The van der Waals surface area contributed by atoms with E-state index in [4.69, 9.17) is 9.97 Å². The zero-order chi connectivity index (χ0) is 19.1. The minimum Gasteiger partial charge on any atom is -0.354 e. The Kier molecular flexibility index (Phi) is 4.09. The number of benzene rings is 1. The van der Waals surface area contributed by atoms with E-state index in [0.29, 0.717) is 0 Å². The fourth-order valence-electron chi connectivity index (χ4n) is 3.80. The zero-order valence-corrected chi connectivity index (χ0v) is 16.1. The lowest BCUT2D eigenvalue weighted by molar-refractivity contribution is 0.585. The SMILES string of the molecule is Cc1cccc(C)c1Nc1nc2ccc(N3CCNCC3)nc2n2cncc12. The van der Waals surface area contributed by atoms with Crippen molar-refractivity contribution in [3.05, 3.63) is 54.0 Å². The second-order valence-corrected chi connectivity index (χ2v) is 7.25. The number of rotatable bonds is 3. The van der Waals surface area contributed by atoms with Gasteiger partial charge in [0.15, 0.2) is 11.5 Å². The quantitative estimate of drug-likeness (QED) is 0.575. The number of piperazine rings is 1. The summed E-state index contributed by atoms with van der Waals surface area (Å²) in [6, 6.07) is 10.4. The number of nitrogens with zero attached hydrogens (tertiary/aromatic N) is 5. The molecule has 0 atom stereocenters. The number of imidazole rings is 1. The summed E-state index contributed by atoms with van der Waals surface area (Å²) in [4.78, 5) is 16.5. The van der Waals surface area contributed by atoms with Crippen LogP contribution >= 0.6 is 0 Å². The molecule has 4 aromatic rings. The number of hydrogen-bond donors (Lipinski definition) is 2. The summed E-state index contributed by atoms with van der Waals surface area (Å²) in [7, 11) is 0. The molecule has 0 bridgehead atoms. The molecule has 4 heterocycles. The van der Waals surface area contributed by atoms with E-state index in [0.717, 1.165) is 60.2 Å². The molecule has 2 N–H and O–H groups in total. The number of aromatic nitrogens is 4. The molecule has 1 saturated heterocycles. The molecule has 0 radical (unpaired) electrons. The number of nitrogens with one attached hydrogen (secondary N) is 2. The summed E-state index contributed by atoms with van der Waals surface area (Å²) in [6.45, 7) is 8.10. The van der Waals surface area contributed by atoms with Crippen LogP contribution in [-0.4, -0.2) is 45.5 Å². The molecule has 0 spiro atoms. The van der Waals surface area contributed by atoms with Gasteiger partial charge in [-0.25, -0.2) is 15.0 Å². The van der Waals surface area contributed by atoms with Crippen LogP contribution in [0.25, 0.3) is 16.7 Å². The Bertz CT molecular complexity index is 1140. The van der Waals surface area contributed by atoms with Gasteiger partial charge in [-0.2, -0.15) is 0 Å². The van der Waals surface area contributed by atoms with Gasteiger partial charge in [-0.05, 0) is 37.1 Å². The molecule has 0 amide bonds. The predicted molar refractivity (Wildman–Crippen MR) is 113 cm³/mol. The van der Waals surface area contributed by atoms with Crippen LogP contribution in [0.4, 0.5) is 17.3 Å². The Labute approximate surface area is 163 Å². The maximum absolute atomic E-state index is 4.91. The third-order valence-electron chi connectivity index (χ3n) is 5.35. The van der Waals surface area contributed by atoms with E-state index in [1.165, 1.54) is 11.1 Å². The van der Waals surface area contributed by atoms with Gasteiger partial charge in [0, 0.05) is 31.9 Å². The summed E-state index contributed by atoms with van der Waals surface area (Å²) in [5.41, 5.74) is 6.05. The van der Waals surface area contributed by atoms with E-state index in [1.807, 2.05) is 16.9 Å². The molecule has 28 heavy (non-hydrogen) atoms. The molecule has 1 aromatic carbocycles. The van der Waals surface area contributed by atoms with Gasteiger partial charge in [0.1, 0.15) is 23.2 Å². The Morgan fingerprint density at radius 3 is 2.57 bits per heavy atom. The molecule has 3 aromatic heterocycles. The zero-order valence-electron chi connectivity index (χ0n) is 16.1. The summed E-state index contributed by atoms with van der Waals surface area (Å²) in [5.74, 6) is 1.78. The third-order valence-corrected chi connectivity index (χ3v) is 5.35. The fraction of sp³-hybridized carbons (Fsp3) is 0.286. The van der Waals surface area contributed by atoms with Crippen molar-refractivity contribution >= 4 is 34.0 Å². The highest BCUT2D eigenvalue weighted by Crippen LogP contribution is 2.28. The topological polar surface area (TPSA) is 70.4 Å². The van der Waals surface area contributed by atoms with Gasteiger partial charge in [0.05, 0.1) is 6.20 Å². The fourth-order valence-corrected chi connectivity index (χ4v) is 3.80. The summed E-state index contributed by atoms with van der Waals surface area (Å²) < 4.78 is 2.02. The summed E-state index contributed by atoms with van der Waals surface area (Å²) in [5, 5.41) is 6.90. The Balaban J connectivity index is 1.62. The van der Waals surface area contributed by atoms with E-state index in [-0.39, 0.29) is 0 Å². The van der Waals surface area contributed by atoms with Crippen LogP contribution in [0, 0.1) is 13.8 Å². The van der Waals surface area contributed by atoms with Crippen molar-refractivity contribution in [1.82, 2.24) is 24.7 Å². The van der Waals surface area contributed by atoms with Crippen molar-refractivity contribution < 1.29 is 0 Å². The molecular formula is C21H23N7. The first-order chi connectivity index (χ1) is 13.7. The van der Waals surface area contributed by atoms with E-state index < -0.39 is 0 Å². The summed E-state index contributed by atoms with van der Waals surface area (Å²) in [6.07, 6.45) is 3.64. The molecule has 142 valence electrons. The van der Waals surface area contributed by atoms with Crippen molar-refractivity contribution in [3.63, 3.8) is 0 Å². The number of pyridine rings is 1. The lowest BCUT2D eigenvalue weighted by Crippen LogP contribution is -2.43. The molecule has 1 fully saturated rings. The van der Waals surface area contributed by atoms with Crippen LogP contribution in [-0.2, 0) is 0 Å². The van der Waals surface area contributed by atoms with E-state index >= 15 is 0 Å². The minimum absolute atomic E-state index is 0.791. The molecule has 0 saturated carbocycles. The average molecular weight is 373 g/mol. The van der Waals surface area contributed by atoms with Gasteiger partial charge in [-0.15, -0.1) is 0 Å². The Hall–Kier alpha value is -3.19. The van der Waals surface area contributed by atoms with E-state index in [2.05, 4.69) is 64.7 Å². The van der Waals surface area contributed by atoms with Crippen molar-refractivity contribution in [2.45, 2.75) is 13.8 Å². The van der Waals surface area contributed by atoms with Crippen LogP contribution in [0.15, 0.2) is 42.9 Å². The first kappa shape index (κ1) is 16.9. The molecule has 0 aliphatic carbocycles.